The molecule has 1 aromatic carbocycles. The standard InChI is InChI=1S/C17H27N3O4S.ClH/c1-2-18-9-10-19-17(21)8-5-15-3-6-16(7-4-15)25(22,23)20-11-13-24-14-12-20;/h3-4,6-7,18H,2,5,8-14H2,1H3,(H,19,21);1H. The highest BCUT2D eigenvalue weighted by Gasteiger charge is 2.25. The summed E-state index contributed by atoms with van der Waals surface area (Å²) in [4.78, 5) is 12.0. The van der Waals surface area contributed by atoms with Gasteiger partial charge in [0, 0.05) is 32.6 Å². The molecular weight excluding hydrogens is 378 g/mol. The lowest BCUT2D eigenvalue weighted by Gasteiger charge is -2.26. The van der Waals surface area contributed by atoms with Crippen molar-refractivity contribution < 1.29 is 17.9 Å². The number of ether oxygens (including phenoxy) is 1. The fourth-order valence-corrected chi connectivity index (χ4v) is 3.99. The normalized spacial score (nSPS) is 15.3. The van der Waals surface area contributed by atoms with Crippen LogP contribution in [0.15, 0.2) is 29.2 Å². The Kier molecular flexibility index (Phi) is 10.1. The molecular formula is C17H28ClN3O4S. The Balaban J connectivity index is 0.00000338. The van der Waals surface area contributed by atoms with Crippen LogP contribution in [0.3, 0.4) is 0 Å². The number of benzene rings is 1. The number of aryl methyl sites for hydroxylation is 1. The van der Waals surface area contributed by atoms with Gasteiger partial charge in [0.05, 0.1) is 18.1 Å². The summed E-state index contributed by atoms with van der Waals surface area (Å²) in [5.74, 6) is 0.00270. The maximum absolute atomic E-state index is 12.5. The van der Waals surface area contributed by atoms with Gasteiger partial charge in [0.2, 0.25) is 15.9 Å². The second-order valence-electron chi connectivity index (χ2n) is 5.86. The molecule has 26 heavy (non-hydrogen) atoms. The molecule has 1 fully saturated rings. The van der Waals surface area contributed by atoms with Crippen molar-refractivity contribution in [1.29, 1.82) is 0 Å². The Morgan fingerprint density at radius 2 is 1.81 bits per heavy atom. The molecule has 1 heterocycles. The van der Waals surface area contributed by atoms with E-state index >= 15 is 0 Å². The molecule has 2 N–H and O–H groups in total. The second-order valence-corrected chi connectivity index (χ2v) is 7.80. The first kappa shape index (κ1) is 22.9. The van der Waals surface area contributed by atoms with Crippen molar-refractivity contribution in [3.63, 3.8) is 0 Å². The van der Waals surface area contributed by atoms with Crippen LogP contribution in [0.2, 0.25) is 0 Å². The maximum atomic E-state index is 12.5. The van der Waals surface area contributed by atoms with E-state index in [1.165, 1.54) is 4.31 Å². The molecule has 1 aliphatic rings. The molecule has 1 saturated heterocycles. The number of nitrogens with one attached hydrogen (secondary N) is 2. The van der Waals surface area contributed by atoms with Gasteiger partial charge in [0.1, 0.15) is 0 Å². The van der Waals surface area contributed by atoms with Crippen LogP contribution in [0.5, 0.6) is 0 Å². The summed E-state index contributed by atoms with van der Waals surface area (Å²) in [6.07, 6.45) is 0.979. The third-order valence-electron chi connectivity index (χ3n) is 4.05. The zero-order valence-electron chi connectivity index (χ0n) is 15.1. The Morgan fingerprint density at radius 1 is 1.15 bits per heavy atom. The van der Waals surface area contributed by atoms with Crippen LogP contribution in [0.1, 0.15) is 18.9 Å². The van der Waals surface area contributed by atoms with Gasteiger partial charge in [-0.3, -0.25) is 4.79 Å². The number of amides is 1. The predicted molar refractivity (Wildman–Crippen MR) is 103 cm³/mol. The molecule has 0 saturated carbocycles. The molecule has 148 valence electrons. The molecule has 1 aliphatic heterocycles. The number of sulfonamides is 1. The third kappa shape index (κ3) is 6.85. The molecule has 0 aromatic heterocycles. The maximum Gasteiger partial charge on any atom is 0.243 e. The lowest BCUT2D eigenvalue weighted by Crippen LogP contribution is -2.40. The van der Waals surface area contributed by atoms with E-state index in [9.17, 15) is 13.2 Å². The van der Waals surface area contributed by atoms with Gasteiger partial charge >= 0.3 is 0 Å². The van der Waals surface area contributed by atoms with Crippen molar-refractivity contribution >= 4 is 28.3 Å². The number of likely N-dealkylation sites (N-methyl/N-ethyl adjacent to an activating group) is 1. The molecule has 1 aromatic rings. The summed E-state index contributed by atoms with van der Waals surface area (Å²) in [5.41, 5.74) is 0.947. The van der Waals surface area contributed by atoms with Crippen molar-refractivity contribution in [3.8, 4) is 0 Å². The van der Waals surface area contributed by atoms with E-state index in [0.29, 0.717) is 45.7 Å². The van der Waals surface area contributed by atoms with E-state index in [2.05, 4.69) is 10.6 Å². The van der Waals surface area contributed by atoms with Crippen molar-refractivity contribution in [1.82, 2.24) is 14.9 Å². The lowest BCUT2D eigenvalue weighted by atomic mass is 10.1. The topological polar surface area (TPSA) is 87.7 Å². The van der Waals surface area contributed by atoms with Gasteiger partial charge in [-0.2, -0.15) is 4.31 Å². The number of carbonyl (C=O) groups is 1. The summed E-state index contributed by atoms with van der Waals surface area (Å²) in [6.45, 7) is 5.91. The first-order valence-electron chi connectivity index (χ1n) is 8.68. The Hall–Kier alpha value is -1.19. The summed E-state index contributed by atoms with van der Waals surface area (Å²) in [6, 6.07) is 6.78. The van der Waals surface area contributed by atoms with Crippen LogP contribution in [0.4, 0.5) is 0 Å². The molecule has 1 amide bonds. The quantitative estimate of drug-likeness (QED) is 0.593. The molecule has 2 rings (SSSR count). The van der Waals surface area contributed by atoms with E-state index < -0.39 is 10.0 Å². The highest BCUT2D eigenvalue weighted by Crippen LogP contribution is 2.18. The summed E-state index contributed by atoms with van der Waals surface area (Å²) in [5, 5.41) is 5.99. The van der Waals surface area contributed by atoms with E-state index in [1.54, 1.807) is 24.3 Å². The summed E-state index contributed by atoms with van der Waals surface area (Å²) >= 11 is 0. The van der Waals surface area contributed by atoms with Gasteiger partial charge in [-0.25, -0.2) is 8.42 Å². The van der Waals surface area contributed by atoms with Crippen molar-refractivity contribution in [2.45, 2.75) is 24.7 Å². The van der Waals surface area contributed by atoms with E-state index in [4.69, 9.17) is 4.74 Å². The molecule has 0 bridgehead atoms. The van der Waals surface area contributed by atoms with Crippen LogP contribution >= 0.6 is 12.4 Å². The smallest absolute Gasteiger partial charge is 0.243 e. The minimum Gasteiger partial charge on any atom is -0.379 e. The molecule has 0 radical (unpaired) electrons. The van der Waals surface area contributed by atoms with Crippen molar-refractivity contribution in [2.75, 3.05) is 45.9 Å². The predicted octanol–water partition coefficient (Wildman–Crippen LogP) is 0.788. The Bertz CT molecular complexity index is 646. The van der Waals surface area contributed by atoms with Crippen LogP contribution in [0.25, 0.3) is 0 Å². The van der Waals surface area contributed by atoms with Crippen molar-refractivity contribution in [3.05, 3.63) is 29.8 Å². The van der Waals surface area contributed by atoms with Crippen LogP contribution in [0, 0.1) is 0 Å². The zero-order chi connectivity index (χ0) is 18.1. The van der Waals surface area contributed by atoms with Gasteiger partial charge in [0.15, 0.2) is 0 Å². The molecule has 0 unspecified atom stereocenters. The largest absolute Gasteiger partial charge is 0.379 e. The Morgan fingerprint density at radius 3 is 2.42 bits per heavy atom. The molecule has 7 nitrogen and oxygen atoms in total. The van der Waals surface area contributed by atoms with Gasteiger partial charge < -0.3 is 15.4 Å². The number of hydrogen-bond donors (Lipinski definition) is 2. The van der Waals surface area contributed by atoms with Crippen LogP contribution in [-0.4, -0.2) is 64.6 Å². The molecule has 0 spiro atoms. The van der Waals surface area contributed by atoms with E-state index in [1.807, 2.05) is 6.92 Å². The monoisotopic (exact) mass is 405 g/mol. The van der Waals surface area contributed by atoms with E-state index in [0.717, 1.165) is 18.7 Å². The number of rotatable bonds is 9. The molecule has 9 heteroatoms. The minimum absolute atomic E-state index is 0. The number of hydrogen-bond acceptors (Lipinski definition) is 5. The number of halogens is 1. The molecule has 0 aliphatic carbocycles. The Labute approximate surface area is 161 Å². The van der Waals surface area contributed by atoms with Gasteiger partial charge in [-0.15, -0.1) is 12.4 Å². The fourth-order valence-electron chi connectivity index (χ4n) is 2.58. The van der Waals surface area contributed by atoms with Crippen LogP contribution < -0.4 is 10.6 Å². The number of carbonyl (C=O) groups excluding carboxylic acids is 1. The minimum atomic E-state index is -3.46. The summed E-state index contributed by atoms with van der Waals surface area (Å²) in [7, 11) is -3.46. The van der Waals surface area contributed by atoms with E-state index in [-0.39, 0.29) is 23.2 Å². The first-order valence-corrected chi connectivity index (χ1v) is 10.1. The summed E-state index contributed by atoms with van der Waals surface area (Å²) < 4.78 is 31.7. The first-order chi connectivity index (χ1) is 12.0. The fraction of sp³-hybridized carbons (Fsp3) is 0.588. The average Bonchev–Trinajstić information content (AvgIpc) is 2.64. The van der Waals surface area contributed by atoms with Crippen LogP contribution in [-0.2, 0) is 26.0 Å². The van der Waals surface area contributed by atoms with Crippen molar-refractivity contribution in [2.24, 2.45) is 0 Å². The van der Waals surface area contributed by atoms with Gasteiger partial charge in [-0.1, -0.05) is 19.1 Å². The SMILES string of the molecule is CCNCCNC(=O)CCc1ccc(S(=O)(=O)N2CCOCC2)cc1.Cl. The third-order valence-corrected chi connectivity index (χ3v) is 5.96. The lowest BCUT2D eigenvalue weighted by molar-refractivity contribution is -0.121. The second kappa shape index (κ2) is 11.5. The van der Waals surface area contributed by atoms with Gasteiger partial charge in [0.25, 0.3) is 0 Å². The highest BCUT2D eigenvalue weighted by molar-refractivity contribution is 7.89. The zero-order valence-corrected chi connectivity index (χ0v) is 16.7. The molecule has 0 atom stereocenters. The van der Waals surface area contributed by atoms with Gasteiger partial charge in [-0.05, 0) is 30.7 Å². The highest BCUT2D eigenvalue weighted by atomic mass is 35.5. The number of nitrogens with zero attached hydrogens (tertiary/aromatic N) is 1. The number of morpholine rings is 1. The average molecular weight is 406 g/mol.